The number of nitro groups is 1. The first-order valence-electron chi connectivity index (χ1n) is 5.80. The first-order valence-corrected chi connectivity index (χ1v) is 7.24. The Kier molecular flexibility index (Phi) is 5.03. The molecule has 1 aromatic carbocycles. The number of esters is 1. The zero-order valence-electron chi connectivity index (χ0n) is 11.5. The average molecular weight is 314 g/mol. The maximum absolute atomic E-state index is 12.4. The summed E-state index contributed by atoms with van der Waals surface area (Å²) < 4.78 is 30.0. The van der Waals surface area contributed by atoms with E-state index in [1.807, 2.05) is 0 Å². The van der Waals surface area contributed by atoms with Crippen LogP contribution in [0.2, 0.25) is 0 Å². The molecule has 1 rings (SSSR count). The molecule has 0 amide bonds. The number of nitro benzene ring substituents is 1. The Hall–Kier alpha value is -2.42. The van der Waals surface area contributed by atoms with E-state index in [0.29, 0.717) is 0 Å². The van der Waals surface area contributed by atoms with Gasteiger partial charge < -0.3 is 4.74 Å². The predicted octanol–water partition coefficient (Wildman–Crippen LogP) is 1.29. The quantitative estimate of drug-likeness (QED) is 0.339. The van der Waals surface area contributed by atoms with Gasteiger partial charge in [-0.1, -0.05) is 6.58 Å². The molecule has 0 saturated carbocycles. The number of methoxy groups -OCH3 is 1. The van der Waals surface area contributed by atoms with Gasteiger partial charge in [0.05, 0.1) is 16.9 Å². The van der Waals surface area contributed by atoms with Crippen LogP contribution in [0.1, 0.15) is 6.92 Å². The Morgan fingerprint density at radius 1 is 1.38 bits per heavy atom. The predicted molar refractivity (Wildman–Crippen MR) is 73.8 cm³/mol. The molecule has 0 spiro atoms. The number of carbonyl (C=O) groups excluding carboxylic acids is 1. The van der Waals surface area contributed by atoms with Crippen molar-refractivity contribution in [1.29, 1.82) is 0 Å². The van der Waals surface area contributed by atoms with Crippen molar-refractivity contribution in [2.45, 2.75) is 11.8 Å². The minimum Gasteiger partial charge on any atom is -0.464 e. The summed E-state index contributed by atoms with van der Waals surface area (Å²) in [5.41, 5.74) is -0.567. The molecule has 0 aliphatic carbocycles. The van der Waals surface area contributed by atoms with Crippen LogP contribution in [-0.2, 0) is 19.6 Å². The zero-order valence-corrected chi connectivity index (χ0v) is 12.3. The van der Waals surface area contributed by atoms with E-state index in [2.05, 4.69) is 11.3 Å². The lowest BCUT2D eigenvalue weighted by molar-refractivity contribution is -0.384. The third-order valence-electron chi connectivity index (χ3n) is 2.64. The lowest BCUT2D eigenvalue weighted by atomic mass is 10.3. The number of non-ortho nitro benzene ring substituents is 1. The molecule has 0 bridgehead atoms. The van der Waals surface area contributed by atoms with Crippen LogP contribution < -0.4 is 0 Å². The molecule has 9 heteroatoms. The molecule has 0 unspecified atom stereocenters. The third-order valence-corrected chi connectivity index (χ3v) is 4.57. The standard InChI is InChI=1S/C12H14N2O6S/c1-4-13(9(2)12(15)20-3)21(18,19)11-7-5-10(6-8-11)14(16)17/h5-8H,2,4H2,1,3H3. The average Bonchev–Trinajstić information content (AvgIpc) is 2.46. The monoisotopic (exact) mass is 314 g/mol. The largest absolute Gasteiger partial charge is 0.464 e. The van der Waals surface area contributed by atoms with Gasteiger partial charge in [-0.3, -0.25) is 14.4 Å². The number of ether oxygens (including phenoxy) is 1. The molecule has 21 heavy (non-hydrogen) atoms. The van der Waals surface area contributed by atoms with Gasteiger partial charge in [0.15, 0.2) is 0 Å². The number of nitrogens with zero attached hydrogens (tertiary/aromatic N) is 2. The van der Waals surface area contributed by atoms with Crippen LogP contribution >= 0.6 is 0 Å². The van der Waals surface area contributed by atoms with Crippen LogP contribution in [0.4, 0.5) is 5.69 Å². The SMILES string of the molecule is C=C(C(=O)OC)N(CC)S(=O)(=O)c1ccc([N+](=O)[O-])cc1. The van der Waals surface area contributed by atoms with Crippen molar-refractivity contribution < 1.29 is 22.9 Å². The maximum Gasteiger partial charge on any atom is 0.354 e. The number of hydrogen-bond donors (Lipinski definition) is 0. The van der Waals surface area contributed by atoms with Crippen molar-refractivity contribution in [2.24, 2.45) is 0 Å². The Morgan fingerprint density at radius 3 is 2.29 bits per heavy atom. The van der Waals surface area contributed by atoms with Crippen molar-refractivity contribution in [1.82, 2.24) is 4.31 Å². The molecule has 0 atom stereocenters. The van der Waals surface area contributed by atoms with Crippen molar-refractivity contribution in [2.75, 3.05) is 13.7 Å². The lowest BCUT2D eigenvalue weighted by Gasteiger charge is -2.22. The van der Waals surface area contributed by atoms with E-state index >= 15 is 0 Å². The first-order chi connectivity index (χ1) is 9.75. The van der Waals surface area contributed by atoms with E-state index in [4.69, 9.17) is 0 Å². The van der Waals surface area contributed by atoms with Crippen LogP contribution in [0.15, 0.2) is 41.4 Å². The van der Waals surface area contributed by atoms with Crippen LogP contribution in [0, 0.1) is 10.1 Å². The summed E-state index contributed by atoms with van der Waals surface area (Å²) in [7, 11) is -2.93. The summed E-state index contributed by atoms with van der Waals surface area (Å²) in [6.45, 7) is 4.89. The molecule has 0 fully saturated rings. The van der Waals surface area contributed by atoms with E-state index in [9.17, 15) is 23.3 Å². The van der Waals surface area contributed by atoms with Gasteiger partial charge in [-0.15, -0.1) is 0 Å². The van der Waals surface area contributed by atoms with E-state index in [0.717, 1.165) is 35.7 Å². The van der Waals surface area contributed by atoms with Gasteiger partial charge in [0.25, 0.3) is 15.7 Å². The van der Waals surface area contributed by atoms with Gasteiger partial charge in [-0.25, -0.2) is 13.2 Å². The molecule has 0 N–H and O–H groups in total. The smallest absolute Gasteiger partial charge is 0.354 e. The van der Waals surface area contributed by atoms with E-state index in [1.165, 1.54) is 6.92 Å². The number of benzene rings is 1. The number of carbonyl (C=O) groups is 1. The Labute approximate surface area is 121 Å². The van der Waals surface area contributed by atoms with Gasteiger partial charge in [-0.05, 0) is 19.1 Å². The maximum atomic E-state index is 12.4. The first kappa shape index (κ1) is 16.6. The molecule has 0 aliphatic heterocycles. The highest BCUT2D eigenvalue weighted by Crippen LogP contribution is 2.22. The number of hydrogen-bond acceptors (Lipinski definition) is 6. The van der Waals surface area contributed by atoms with Gasteiger partial charge in [0.1, 0.15) is 5.70 Å². The second-order valence-corrected chi connectivity index (χ2v) is 5.72. The van der Waals surface area contributed by atoms with Crippen LogP contribution in [0.5, 0.6) is 0 Å². The second kappa shape index (κ2) is 6.35. The third kappa shape index (κ3) is 3.37. The lowest BCUT2D eigenvalue weighted by Crippen LogP contribution is -2.33. The van der Waals surface area contributed by atoms with Crippen molar-refractivity contribution in [3.05, 3.63) is 46.7 Å². The molecule has 1 aromatic rings. The fourth-order valence-electron chi connectivity index (χ4n) is 1.59. The Morgan fingerprint density at radius 2 is 1.90 bits per heavy atom. The molecule has 114 valence electrons. The molecule has 8 nitrogen and oxygen atoms in total. The van der Waals surface area contributed by atoms with E-state index in [1.54, 1.807) is 0 Å². The molecule has 0 radical (unpaired) electrons. The Bertz CT molecular complexity index is 665. The van der Waals surface area contributed by atoms with Crippen molar-refractivity contribution >= 4 is 21.7 Å². The van der Waals surface area contributed by atoms with E-state index < -0.39 is 20.9 Å². The Balaban J connectivity index is 3.21. The van der Waals surface area contributed by atoms with Gasteiger partial charge in [0.2, 0.25) is 0 Å². The minimum atomic E-state index is -4.04. The van der Waals surface area contributed by atoms with Crippen molar-refractivity contribution in [3.8, 4) is 0 Å². The van der Waals surface area contributed by atoms with Crippen LogP contribution in [-0.4, -0.2) is 37.3 Å². The minimum absolute atomic E-state index is 0.0345. The van der Waals surface area contributed by atoms with E-state index in [-0.39, 0.29) is 22.8 Å². The number of likely N-dealkylation sites (N-methyl/N-ethyl adjacent to an activating group) is 1. The molecular formula is C12H14N2O6S. The highest BCUT2D eigenvalue weighted by Gasteiger charge is 2.28. The fourth-order valence-corrected chi connectivity index (χ4v) is 3.03. The summed E-state index contributed by atoms with van der Waals surface area (Å²) in [6, 6.07) is 4.34. The number of sulfonamides is 1. The summed E-state index contributed by atoms with van der Waals surface area (Å²) in [5.74, 6) is -0.873. The molecule has 0 aliphatic rings. The summed E-state index contributed by atoms with van der Waals surface area (Å²) >= 11 is 0. The molecular weight excluding hydrogens is 300 g/mol. The fraction of sp³-hybridized carbons (Fsp3) is 0.250. The van der Waals surface area contributed by atoms with Crippen LogP contribution in [0.3, 0.4) is 0 Å². The highest BCUT2D eigenvalue weighted by molar-refractivity contribution is 7.89. The molecule has 0 saturated heterocycles. The summed E-state index contributed by atoms with van der Waals surface area (Å²) in [6.07, 6.45) is 0. The van der Waals surface area contributed by atoms with Gasteiger partial charge in [-0.2, -0.15) is 0 Å². The van der Waals surface area contributed by atoms with Crippen LogP contribution in [0.25, 0.3) is 0 Å². The highest BCUT2D eigenvalue weighted by atomic mass is 32.2. The number of rotatable bonds is 6. The van der Waals surface area contributed by atoms with Crippen molar-refractivity contribution in [3.63, 3.8) is 0 Å². The molecule has 0 aromatic heterocycles. The van der Waals surface area contributed by atoms with Gasteiger partial charge >= 0.3 is 5.97 Å². The normalized spacial score (nSPS) is 10.8. The second-order valence-electron chi connectivity index (χ2n) is 3.86. The molecule has 0 heterocycles. The summed E-state index contributed by atoms with van der Waals surface area (Å²) in [4.78, 5) is 21.2. The van der Waals surface area contributed by atoms with Gasteiger partial charge in [0, 0.05) is 18.7 Å². The topological polar surface area (TPSA) is 107 Å². The zero-order chi connectivity index (χ0) is 16.2. The summed E-state index contributed by atoms with van der Waals surface area (Å²) in [5, 5.41) is 10.6.